The fourth-order valence-electron chi connectivity index (χ4n) is 5.04. The lowest BCUT2D eigenvalue weighted by atomic mass is 9.60. The Bertz CT molecular complexity index is 554. The van der Waals surface area contributed by atoms with Crippen molar-refractivity contribution in [3.05, 3.63) is 17.0 Å². The van der Waals surface area contributed by atoms with Gasteiger partial charge >= 0.3 is 0 Å². The van der Waals surface area contributed by atoms with Crippen LogP contribution in [0.3, 0.4) is 0 Å². The molecule has 5 nitrogen and oxygen atoms in total. The van der Waals surface area contributed by atoms with Crippen molar-refractivity contribution in [2.75, 3.05) is 20.2 Å². The van der Waals surface area contributed by atoms with Crippen molar-refractivity contribution in [3.8, 4) is 0 Å². The van der Waals surface area contributed by atoms with Crippen LogP contribution in [0.1, 0.15) is 47.5 Å². The molecule has 0 aromatic carbocycles. The number of carbonyl (C=O) groups excluding carboxylic acids is 1. The third kappa shape index (κ3) is 2.09. The van der Waals surface area contributed by atoms with E-state index < -0.39 is 0 Å². The topological polar surface area (TPSA) is 55.6 Å². The Hall–Kier alpha value is -1.36. The second-order valence-electron chi connectivity index (χ2n) is 7.21. The monoisotopic (exact) mass is 304 g/mol. The molecule has 22 heavy (non-hydrogen) atoms. The van der Waals surface area contributed by atoms with Gasteiger partial charge in [0.25, 0.3) is 5.91 Å². The van der Waals surface area contributed by atoms with Crippen LogP contribution < -0.4 is 0 Å². The van der Waals surface area contributed by atoms with E-state index in [1.165, 1.54) is 25.7 Å². The van der Waals surface area contributed by atoms with Gasteiger partial charge in [-0.15, -0.1) is 0 Å². The van der Waals surface area contributed by atoms with Gasteiger partial charge in [0.2, 0.25) is 0 Å². The molecule has 2 heterocycles. The largest absolute Gasteiger partial charge is 0.380 e. The molecule has 5 rings (SSSR count). The minimum Gasteiger partial charge on any atom is -0.380 e. The Kier molecular flexibility index (Phi) is 3.48. The van der Waals surface area contributed by atoms with Gasteiger partial charge in [0.15, 0.2) is 5.69 Å². The molecule has 2 atom stereocenters. The molecule has 0 spiro atoms. The van der Waals surface area contributed by atoms with E-state index in [1.807, 2.05) is 11.8 Å². The van der Waals surface area contributed by atoms with Crippen LogP contribution in [0.5, 0.6) is 0 Å². The highest BCUT2D eigenvalue weighted by molar-refractivity contribution is 5.94. The number of nitrogens with zero attached hydrogens (tertiary/aromatic N) is 2. The molecule has 0 unspecified atom stereocenters. The first-order chi connectivity index (χ1) is 10.7. The molecule has 5 heteroatoms. The van der Waals surface area contributed by atoms with Crippen LogP contribution in [-0.4, -0.2) is 36.2 Å². The fourth-order valence-corrected chi connectivity index (χ4v) is 5.04. The van der Waals surface area contributed by atoms with Gasteiger partial charge in [0.05, 0.1) is 12.2 Å². The average molecular weight is 304 g/mol. The lowest BCUT2D eigenvalue weighted by Gasteiger charge is -2.44. The SMILES string of the molecule is COCc1c(C(=O)N2C[C@@H]3C4CCC(CC4)[C@@H]3C2)noc1C. The highest BCUT2D eigenvalue weighted by atomic mass is 16.5. The summed E-state index contributed by atoms with van der Waals surface area (Å²) in [6, 6.07) is 0. The first-order valence-electron chi connectivity index (χ1n) is 8.42. The summed E-state index contributed by atoms with van der Waals surface area (Å²) in [6.45, 7) is 4.02. The molecule has 0 radical (unpaired) electrons. The van der Waals surface area contributed by atoms with Gasteiger partial charge in [-0.3, -0.25) is 4.79 Å². The third-order valence-electron chi connectivity index (χ3n) is 6.20. The van der Waals surface area contributed by atoms with Crippen LogP contribution in [0, 0.1) is 30.6 Å². The number of methoxy groups -OCH3 is 1. The molecule has 4 aliphatic rings. The maximum atomic E-state index is 12.9. The van der Waals surface area contributed by atoms with Crippen molar-refractivity contribution < 1.29 is 14.1 Å². The lowest BCUT2D eigenvalue weighted by Crippen LogP contribution is -2.38. The molecular formula is C17H24N2O3. The number of ether oxygens (including phenoxy) is 1. The van der Waals surface area contributed by atoms with Gasteiger partial charge in [0.1, 0.15) is 5.76 Å². The summed E-state index contributed by atoms with van der Waals surface area (Å²) in [7, 11) is 1.63. The first-order valence-corrected chi connectivity index (χ1v) is 8.42. The van der Waals surface area contributed by atoms with E-state index in [2.05, 4.69) is 5.16 Å². The average Bonchev–Trinajstić information content (AvgIpc) is 3.15. The second kappa shape index (κ2) is 5.37. The Labute approximate surface area is 131 Å². The van der Waals surface area contributed by atoms with Crippen molar-refractivity contribution >= 4 is 5.91 Å². The standard InChI is InChI=1S/C17H24N2O3/c1-10-15(9-21-2)16(18-22-10)17(20)19-7-13-11-3-4-12(6-5-11)14(13)8-19/h11-14H,3-9H2,1-2H3/t11?,12?,13-,14+. The number of likely N-dealkylation sites (tertiary alicyclic amines) is 1. The highest BCUT2D eigenvalue weighted by Gasteiger charge is 2.49. The summed E-state index contributed by atoms with van der Waals surface area (Å²) in [4.78, 5) is 14.9. The molecule has 1 amide bonds. The minimum absolute atomic E-state index is 0.0256. The number of aromatic nitrogens is 1. The van der Waals surface area contributed by atoms with Crippen molar-refractivity contribution in [2.24, 2.45) is 23.7 Å². The van der Waals surface area contributed by atoms with Gasteiger partial charge in [-0.1, -0.05) is 5.16 Å². The molecule has 3 saturated carbocycles. The smallest absolute Gasteiger partial charge is 0.276 e. The normalized spacial score (nSPS) is 33.3. The number of hydrogen-bond donors (Lipinski definition) is 0. The molecule has 3 aliphatic carbocycles. The molecule has 1 saturated heterocycles. The Morgan fingerprint density at radius 1 is 1.23 bits per heavy atom. The zero-order valence-corrected chi connectivity index (χ0v) is 13.4. The Morgan fingerprint density at radius 3 is 2.36 bits per heavy atom. The summed E-state index contributed by atoms with van der Waals surface area (Å²) in [5, 5.41) is 4.00. The summed E-state index contributed by atoms with van der Waals surface area (Å²) in [5.41, 5.74) is 1.25. The van der Waals surface area contributed by atoms with Gasteiger partial charge < -0.3 is 14.2 Å². The summed E-state index contributed by atoms with van der Waals surface area (Å²) in [6.07, 6.45) is 5.47. The first kappa shape index (κ1) is 14.2. The van der Waals surface area contributed by atoms with Crippen LogP contribution in [0.2, 0.25) is 0 Å². The highest BCUT2D eigenvalue weighted by Crippen LogP contribution is 2.51. The van der Waals surface area contributed by atoms with E-state index >= 15 is 0 Å². The number of hydrogen-bond acceptors (Lipinski definition) is 4. The van der Waals surface area contributed by atoms with Gasteiger partial charge in [-0.2, -0.15) is 0 Å². The summed E-state index contributed by atoms with van der Waals surface area (Å²) < 4.78 is 10.4. The molecule has 1 aliphatic heterocycles. The number of aryl methyl sites for hydroxylation is 1. The zero-order valence-electron chi connectivity index (χ0n) is 13.4. The van der Waals surface area contributed by atoms with Crippen molar-refractivity contribution in [3.63, 3.8) is 0 Å². The van der Waals surface area contributed by atoms with E-state index in [-0.39, 0.29) is 5.91 Å². The van der Waals surface area contributed by atoms with Gasteiger partial charge in [0, 0.05) is 20.2 Å². The van der Waals surface area contributed by atoms with E-state index in [1.54, 1.807) is 7.11 Å². The van der Waals surface area contributed by atoms with Crippen molar-refractivity contribution in [1.82, 2.24) is 10.1 Å². The number of fused-ring (bicyclic) bond motifs is 2. The summed E-state index contributed by atoms with van der Waals surface area (Å²) >= 11 is 0. The van der Waals surface area contributed by atoms with Crippen molar-refractivity contribution in [2.45, 2.75) is 39.2 Å². The molecule has 1 aromatic rings. The van der Waals surface area contributed by atoms with Crippen LogP contribution in [-0.2, 0) is 11.3 Å². The van der Waals surface area contributed by atoms with Crippen LogP contribution in [0.4, 0.5) is 0 Å². The van der Waals surface area contributed by atoms with Crippen LogP contribution in [0.25, 0.3) is 0 Å². The van der Waals surface area contributed by atoms with Crippen LogP contribution >= 0.6 is 0 Å². The number of carbonyl (C=O) groups is 1. The number of rotatable bonds is 3. The molecule has 0 N–H and O–H groups in total. The molecular weight excluding hydrogens is 280 g/mol. The van der Waals surface area contributed by atoms with E-state index in [0.717, 1.165) is 42.3 Å². The van der Waals surface area contributed by atoms with E-state index in [0.29, 0.717) is 18.1 Å². The van der Waals surface area contributed by atoms with E-state index in [4.69, 9.17) is 9.26 Å². The summed E-state index contributed by atoms with van der Waals surface area (Å²) in [5.74, 6) is 3.82. The maximum Gasteiger partial charge on any atom is 0.276 e. The second-order valence-corrected chi connectivity index (χ2v) is 7.21. The quantitative estimate of drug-likeness (QED) is 0.861. The predicted octanol–water partition coefficient (Wildman–Crippen LogP) is 2.64. The van der Waals surface area contributed by atoms with Gasteiger partial charge in [-0.05, 0) is 56.3 Å². The lowest BCUT2D eigenvalue weighted by molar-refractivity contribution is 0.0577. The Balaban J connectivity index is 1.55. The van der Waals surface area contributed by atoms with Crippen molar-refractivity contribution in [1.29, 1.82) is 0 Å². The zero-order chi connectivity index (χ0) is 15.3. The van der Waals surface area contributed by atoms with Gasteiger partial charge in [-0.25, -0.2) is 0 Å². The Morgan fingerprint density at radius 2 is 1.82 bits per heavy atom. The molecule has 1 aromatic heterocycles. The molecule has 4 fully saturated rings. The minimum atomic E-state index is 0.0256. The van der Waals surface area contributed by atoms with E-state index in [9.17, 15) is 4.79 Å². The molecule has 2 bridgehead atoms. The maximum absolute atomic E-state index is 12.9. The number of amides is 1. The fraction of sp³-hybridized carbons (Fsp3) is 0.765. The molecule has 120 valence electrons. The predicted molar refractivity (Wildman–Crippen MR) is 80.3 cm³/mol. The third-order valence-corrected chi connectivity index (χ3v) is 6.20. The van der Waals surface area contributed by atoms with Crippen LogP contribution in [0.15, 0.2) is 4.52 Å².